The number of likely N-dealkylation sites (tertiary alicyclic amines) is 1. The number of nitrogens with zero attached hydrogens (tertiary/aromatic N) is 1. The van der Waals surface area contributed by atoms with Gasteiger partial charge in [0.15, 0.2) is 17.5 Å². The number of hydrogen-bond donors (Lipinski definition) is 2. The Bertz CT molecular complexity index is 953. The van der Waals surface area contributed by atoms with Crippen molar-refractivity contribution >= 4 is 17.5 Å². The van der Waals surface area contributed by atoms with Gasteiger partial charge in [0.2, 0.25) is 11.8 Å². The van der Waals surface area contributed by atoms with E-state index in [9.17, 15) is 22.8 Å². The zero-order valence-electron chi connectivity index (χ0n) is 17.8. The van der Waals surface area contributed by atoms with Crippen molar-refractivity contribution in [3.05, 3.63) is 59.4 Å². The number of benzene rings is 2. The highest BCUT2D eigenvalue weighted by atomic mass is 19.2. The zero-order chi connectivity index (χ0) is 23.1. The van der Waals surface area contributed by atoms with Gasteiger partial charge < -0.3 is 15.4 Å². The van der Waals surface area contributed by atoms with Gasteiger partial charge >= 0.3 is 0 Å². The van der Waals surface area contributed by atoms with Gasteiger partial charge in [-0.2, -0.15) is 0 Å². The normalized spacial score (nSPS) is 16.8. The molecule has 9 heteroatoms. The summed E-state index contributed by atoms with van der Waals surface area (Å²) in [7, 11) is 1.61. The van der Waals surface area contributed by atoms with Crippen molar-refractivity contribution in [2.24, 2.45) is 0 Å². The Hall–Kier alpha value is -3.07. The molecule has 1 aliphatic rings. The maximum Gasteiger partial charge on any atom is 0.243 e. The highest BCUT2D eigenvalue weighted by molar-refractivity contribution is 5.94. The van der Waals surface area contributed by atoms with Gasteiger partial charge in [0.05, 0.1) is 25.9 Å². The molecule has 1 saturated heterocycles. The lowest BCUT2D eigenvalue weighted by Crippen LogP contribution is -2.41. The quantitative estimate of drug-likeness (QED) is 0.631. The largest absolute Gasteiger partial charge is 0.497 e. The SMILES string of the molecule is COc1ccc(C2CCCCCN2CC(=O)NCC(=O)Nc2ccc(F)c(F)c2F)cc1. The monoisotopic (exact) mass is 449 g/mol. The van der Waals surface area contributed by atoms with Crippen molar-refractivity contribution in [1.29, 1.82) is 0 Å². The summed E-state index contributed by atoms with van der Waals surface area (Å²) in [6, 6.07) is 9.46. The van der Waals surface area contributed by atoms with Gasteiger partial charge in [-0.1, -0.05) is 25.0 Å². The summed E-state index contributed by atoms with van der Waals surface area (Å²) in [5, 5.41) is 4.64. The molecule has 2 aromatic carbocycles. The molecule has 2 amide bonds. The van der Waals surface area contributed by atoms with Gasteiger partial charge in [-0.3, -0.25) is 14.5 Å². The number of amides is 2. The summed E-state index contributed by atoms with van der Waals surface area (Å²) < 4.78 is 45.2. The van der Waals surface area contributed by atoms with E-state index in [2.05, 4.69) is 15.5 Å². The number of nitrogens with one attached hydrogen (secondary N) is 2. The minimum atomic E-state index is -1.67. The molecule has 1 aliphatic heterocycles. The lowest BCUT2D eigenvalue weighted by atomic mass is 10.0. The molecule has 0 aliphatic carbocycles. The Balaban J connectivity index is 1.57. The zero-order valence-corrected chi connectivity index (χ0v) is 17.8. The van der Waals surface area contributed by atoms with Crippen molar-refractivity contribution in [2.45, 2.75) is 31.7 Å². The highest BCUT2D eigenvalue weighted by Crippen LogP contribution is 2.30. The number of ether oxygens (including phenoxy) is 1. The molecule has 32 heavy (non-hydrogen) atoms. The fourth-order valence-corrected chi connectivity index (χ4v) is 3.80. The predicted molar refractivity (Wildman–Crippen MR) is 114 cm³/mol. The Morgan fingerprint density at radius 1 is 1.00 bits per heavy atom. The summed E-state index contributed by atoms with van der Waals surface area (Å²) >= 11 is 0. The molecule has 0 radical (unpaired) electrons. The van der Waals surface area contributed by atoms with E-state index >= 15 is 0 Å². The summed E-state index contributed by atoms with van der Waals surface area (Å²) in [4.78, 5) is 26.6. The van der Waals surface area contributed by atoms with Crippen LogP contribution in [-0.2, 0) is 9.59 Å². The number of anilines is 1. The molecule has 0 spiro atoms. The molecule has 1 fully saturated rings. The van der Waals surface area contributed by atoms with Crippen molar-refractivity contribution in [1.82, 2.24) is 10.2 Å². The van der Waals surface area contributed by atoms with E-state index in [1.807, 2.05) is 24.3 Å². The van der Waals surface area contributed by atoms with Crippen LogP contribution in [0.15, 0.2) is 36.4 Å². The van der Waals surface area contributed by atoms with E-state index in [4.69, 9.17) is 4.74 Å². The Labute approximate surface area is 184 Å². The fourth-order valence-electron chi connectivity index (χ4n) is 3.80. The maximum atomic E-state index is 13.7. The molecule has 172 valence electrons. The molecule has 1 heterocycles. The first-order chi connectivity index (χ1) is 15.4. The first-order valence-corrected chi connectivity index (χ1v) is 10.5. The maximum absolute atomic E-state index is 13.7. The van der Waals surface area contributed by atoms with Gasteiger partial charge in [0.25, 0.3) is 0 Å². The number of hydrogen-bond acceptors (Lipinski definition) is 4. The van der Waals surface area contributed by atoms with Crippen LogP contribution < -0.4 is 15.4 Å². The molecule has 0 aromatic heterocycles. The first-order valence-electron chi connectivity index (χ1n) is 10.5. The molecule has 0 bridgehead atoms. The Morgan fingerprint density at radius 2 is 1.75 bits per heavy atom. The van der Waals surface area contributed by atoms with E-state index in [1.54, 1.807) is 7.11 Å². The standard InChI is InChI=1S/C23H26F3N3O3/c1-32-16-8-6-15(7-9-16)19-5-3-2-4-12-29(19)14-21(31)27-13-20(30)28-18-11-10-17(24)22(25)23(18)26/h6-11,19H,2-5,12-14H2,1H3,(H,27,31)(H,28,30). The van der Waals surface area contributed by atoms with Crippen LogP contribution in [0.1, 0.15) is 37.3 Å². The second-order valence-corrected chi connectivity index (χ2v) is 7.66. The first kappa shape index (κ1) is 23.6. The van der Waals surface area contributed by atoms with E-state index in [-0.39, 0.29) is 18.5 Å². The molecular formula is C23H26F3N3O3. The average Bonchev–Trinajstić information content (AvgIpc) is 3.03. The van der Waals surface area contributed by atoms with Gasteiger partial charge in [0, 0.05) is 6.04 Å². The van der Waals surface area contributed by atoms with Crippen molar-refractivity contribution in [3.8, 4) is 5.75 Å². The molecule has 1 atom stereocenters. The Morgan fingerprint density at radius 3 is 2.47 bits per heavy atom. The lowest BCUT2D eigenvalue weighted by molar-refractivity contribution is -0.125. The van der Waals surface area contributed by atoms with Gasteiger partial charge in [-0.25, -0.2) is 13.2 Å². The minimum absolute atomic E-state index is 0.0688. The summed E-state index contributed by atoms with van der Waals surface area (Å²) in [6.45, 7) is 0.429. The summed E-state index contributed by atoms with van der Waals surface area (Å²) in [5.74, 6) is -4.85. The van der Waals surface area contributed by atoms with Crippen molar-refractivity contribution < 1.29 is 27.5 Å². The topological polar surface area (TPSA) is 70.7 Å². The van der Waals surface area contributed by atoms with Crippen LogP contribution in [0.2, 0.25) is 0 Å². The lowest BCUT2D eigenvalue weighted by Gasteiger charge is -2.29. The third-order valence-electron chi connectivity index (χ3n) is 5.47. The van der Waals surface area contributed by atoms with Crippen LogP contribution >= 0.6 is 0 Å². The number of rotatable bonds is 7. The smallest absolute Gasteiger partial charge is 0.243 e. The van der Waals surface area contributed by atoms with Crippen LogP contribution in [0.25, 0.3) is 0 Å². The van der Waals surface area contributed by atoms with Crippen LogP contribution in [0.4, 0.5) is 18.9 Å². The van der Waals surface area contributed by atoms with Crippen LogP contribution in [0, 0.1) is 17.5 Å². The molecule has 2 aromatic rings. The summed E-state index contributed by atoms with van der Waals surface area (Å²) in [5.41, 5.74) is 0.599. The Kier molecular flexibility index (Phi) is 8.10. The summed E-state index contributed by atoms with van der Waals surface area (Å²) in [6.07, 6.45) is 4.01. The fraction of sp³-hybridized carbons (Fsp3) is 0.391. The minimum Gasteiger partial charge on any atom is -0.497 e. The molecular weight excluding hydrogens is 423 g/mol. The average molecular weight is 449 g/mol. The van der Waals surface area contributed by atoms with E-state index in [0.717, 1.165) is 49.6 Å². The molecule has 0 saturated carbocycles. The van der Waals surface area contributed by atoms with E-state index in [1.165, 1.54) is 0 Å². The number of methoxy groups -OCH3 is 1. The number of carbonyl (C=O) groups excluding carboxylic acids is 2. The number of halogens is 3. The van der Waals surface area contributed by atoms with Gasteiger partial charge in [-0.05, 0) is 49.2 Å². The van der Waals surface area contributed by atoms with Crippen molar-refractivity contribution in [2.75, 3.05) is 32.1 Å². The third-order valence-corrected chi connectivity index (χ3v) is 5.47. The van der Waals surface area contributed by atoms with Crippen LogP contribution in [0.3, 0.4) is 0 Å². The van der Waals surface area contributed by atoms with Crippen LogP contribution in [-0.4, -0.2) is 43.5 Å². The predicted octanol–water partition coefficient (Wildman–Crippen LogP) is 3.78. The third kappa shape index (κ3) is 6.00. The van der Waals surface area contributed by atoms with E-state index in [0.29, 0.717) is 6.07 Å². The van der Waals surface area contributed by atoms with Crippen molar-refractivity contribution in [3.63, 3.8) is 0 Å². The molecule has 3 rings (SSSR count). The van der Waals surface area contributed by atoms with Gasteiger partial charge in [0.1, 0.15) is 5.75 Å². The van der Waals surface area contributed by atoms with E-state index < -0.39 is 35.6 Å². The number of carbonyl (C=O) groups is 2. The molecule has 2 N–H and O–H groups in total. The van der Waals surface area contributed by atoms with Gasteiger partial charge in [-0.15, -0.1) is 0 Å². The molecule has 6 nitrogen and oxygen atoms in total. The second kappa shape index (κ2) is 11.0. The highest BCUT2D eigenvalue weighted by Gasteiger charge is 2.25. The molecule has 1 unspecified atom stereocenters. The second-order valence-electron chi connectivity index (χ2n) is 7.66. The van der Waals surface area contributed by atoms with Crippen LogP contribution in [0.5, 0.6) is 5.75 Å².